The van der Waals surface area contributed by atoms with Gasteiger partial charge >= 0.3 is 0 Å². The van der Waals surface area contributed by atoms with Crippen molar-refractivity contribution in [3.8, 4) is 0 Å². The summed E-state index contributed by atoms with van der Waals surface area (Å²) in [5.74, 6) is 1.01. The molecule has 112 valence electrons. The number of aromatic amines is 1. The minimum atomic E-state index is -0.275. The van der Waals surface area contributed by atoms with Crippen molar-refractivity contribution in [2.24, 2.45) is 0 Å². The van der Waals surface area contributed by atoms with Gasteiger partial charge in [-0.3, -0.25) is 9.78 Å². The zero-order chi connectivity index (χ0) is 15.4. The molecule has 0 bridgehead atoms. The van der Waals surface area contributed by atoms with E-state index in [1.165, 1.54) is 0 Å². The fourth-order valence-corrected chi connectivity index (χ4v) is 2.19. The second-order valence-corrected chi connectivity index (χ2v) is 4.84. The molecule has 0 spiro atoms. The summed E-state index contributed by atoms with van der Waals surface area (Å²) in [5, 5.41) is 11.1. The van der Waals surface area contributed by atoms with Crippen molar-refractivity contribution >= 4 is 11.6 Å². The fourth-order valence-electron chi connectivity index (χ4n) is 2.19. The number of hydrogen-bond donors (Lipinski definition) is 2. The SMILES string of the molecule is CCc1ccccc1Nc1nnc(Cc2ccco2)c(=O)[nH]1. The summed E-state index contributed by atoms with van der Waals surface area (Å²) in [6.07, 6.45) is 2.77. The zero-order valence-electron chi connectivity index (χ0n) is 12.2. The summed E-state index contributed by atoms with van der Waals surface area (Å²) < 4.78 is 5.21. The monoisotopic (exact) mass is 296 g/mol. The molecule has 6 nitrogen and oxygen atoms in total. The molecule has 0 aliphatic rings. The highest BCUT2D eigenvalue weighted by Gasteiger charge is 2.08. The van der Waals surface area contributed by atoms with Crippen molar-refractivity contribution in [3.05, 3.63) is 70.0 Å². The van der Waals surface area contributed by atoms with E-state index in [4.69, 9.17) is 4.42 Å². The second kappa shape index (κ2) is 6.26. The Morgan fingerprint density at radius 3 is 2.77 bits per heavy atom. The van der Waals surface area contributed by atoms with Crippen LogP contribution in [0.3, 0.4) is 0 Å². The molecule has 2 N–H and O–H groups in total. The molecular weight excluding hydrogens is 280 g/mol. The number of nitrogens with zero attached hydrogens (tertiary/aromatic N) is 2. The molecule has 0 radical (unpaired) electrons. The number of H-pyrrole nitrogens is 1. The predicted molar refractivity (Wildman–Crippen MR) is 83.3 cm³/mol. The summed E-state index contributed by atoms with van der Waals surface area (Å²) in [7, 11) is 0. The zero-order valence-corrected chi connectivity index (χ0v) is 12.2. The van der Waals surface area contributed by atoms with Crippen LogP contribution in [0.2, 0.25) is 0 Å². The Kier molecular flexibility index (Phi) is 4.00. The van der Waals surface area contributed by atoms with Gasteiger partial charge in [-0.2, -0.15) is 0 Å². The molecule has 6 heteroatoms. The van der Waals surface area contributed by atoms with E-state index in [1.54, 1.807) is 18.4 Å². The van der Waals surface area contributed by atoms with Gasteiger partial charge in [-0.1, -0.05) is 25.1 Å². The summed E-state index contributed by atoms with van der Waals surface area (Å²) >= 11 is 0. The third-order valence-electron chi connectivity index (χ3n) is 3.34. The molecule has 0 amide bonds. The average Bonchev–Trinajstić information content (AvgIpc) is 3.04. The van der Waals surface area contributed by atoms with Gasteiger partial charge in [0.15, 0.2) is 0 Å². The first-order valence-corrected chi connectivity index (χ1v) is 7.09. The van der Waals surface area contributed by atoms with Gasteiger partial charge in [-0.15, -0.1) is 10.2 Å². The lowest BCUT2D eigenvalue weighted by molar-refractivity contribution is 0.517. The normalized spacial score (nSPS) is 10.6. The molecule has 0 aliphatic carbocycles. The number of hydrogen-bond acceptors (Lipinski definition) is 5. The lowest BCUT2D eigenvalue weighted by atomic mass is 10.1. The van der Waals surface area contributed by atoms with Crippen molar-refractivity contribution in [2.75, 3.05) is 5.32 Å². The molecule has 0 atom stereocenters. The lowest BCUT2D eigenvalue weighted by Gasteiger charge is -2.09. The molecule has 3 aromatic rings. The highest BCUT2D eigenvalue weighted by atomic mass is 16.3. The number of benzene rings is 1. The van der Waals surface area contributed by atoms with Crippen LogP contribution in [0.25, 0.3) is 0 Å². The van der Waals surface area contributed by atoms with Gasteiger partial charge < -0.3 is 9.73 Å². The van der Waals surface area contributed by atoms with Crippen LogP contribution in [-0.4, -0.2) is 15.2 Å². The number of furan rings is 1. The number of nitrogens with one attached hydrogen (secondary N) is 2. The van der Waals surface area contributed by atoms with E-state index in [-0.39, 0.29) is 5.56 Å². The van der Waals surface area contributed by atoms with Gasteiger partial charge in [-0.05, 0) is 30.2 Å². The van der Waals surface area contributed by atoms with Crippen molar-refractivity contribution < 1.29 is 4.42 Å². The Balaban J connectivity index is 1.81. The van der Waals surface area contributed by atoms with Gasteiger partial charge in [0.2, 0.25) is 5.95 Å². The van der Waals surface area contributed by atoms with Crippen LogP contribution in [0.15, 0.2) is 51.9 Å². The molecule has 0 saturated carbocycles. The molecule has 0 saturated heterocycles. The van der Waals surface area contributed by atoms with E-state index in [2.05, 4.69) is 27.4 Å². The molecule has 0 unspecified atom stereocenters. The largest absolute Gasteiger partial charge is 0.469 e. The van der Waals surface area contributed by atoms with Gasteiger partial charge in [0.1, 0.15) is 11.5 Å². The molecular formula is C16H16N4O2. The van der Waals surface area contributed by atoms with Crippen LogP contribution in [-0.2, 0) is 12.8 Å². The summed E-state index contributed by atoms with van der Waals surface area (Å²) in [6.45, 7) is 2.07. The Labute approximate surface area is 127 Å². The van der Waals surface area contributed by atoms with Crippen molar-refractivity contribution in [3.63, 3.8) is 0 Å². The highest BCUT2D eigenvalue weighted by Crippen LogP contribution is 2.18. The average molecular weight is 296 g/mol. The van der Waals surface area contributed by atoms with Crippen LogP contribution in [0, 0.1) is 0 Å². The Hall–Kier alpha value is -2.89. The van der Waals surface area contributed by atoms with E-state index in [9.17, 15) is 4.79 Å². The maximum absolute atomic E-state index is 12.1. The lowest BCUT2D eigenvalue weighted by Crippen LogP contribution is -2.18. The number of anilines is 2. The van der Waals surface area contributed by atoms with Gasteiger partial charge in [0, 0.05) is 5.69 Å². The number of aryl methyl sites for hydroxylation is 1. The van der Waals surface area contributed by atoms with E-state index in [0.717, 1.165) is 17.7 Å². The van der Waals surface area contributed by atoms with Crippen LogP contribution >= 0.6 is 0 Å². The first-order valence-electron chi connectivity index (χ1n) is 7.09. The van der Waals surface area contributed by atoms with Crippen LogP contribution in [0.4, 0.5) is 11.6 Å². The minimum absolute atomic E-state index is 0.275. The van der Waals surface area contributed by atoms with Gasteiger partial charge in [-0.25, -0.2) is 0 Å². The van der Waals surface area contributed by atoms with Gasteiger partial charge in [0.25, 0.3) is 5.56 Å². The Morgan fingerprint density at radius 2 is 2.05 bits per heavy atom. The Bertz CT molecular complexity index is 809. The topological polar surface area (TPSA) is 83.8 Å². The maximum atomic E-state index is 12.1. The molecule has 0 aliphatic heterocycles. The van der Waals surface area contributed by atoms with E-state index < -0.39 is 0 Å². The van der Waals surface area contributed by atoms with E-state index in [1.807, 2.05) is 24.3 Å². The minimum Gasteiger partial charge on any atom is -0.469 e. The van der Waals surface area contributed by atoms with Crippen molar-refractivity contribution in [2.45, 2.75) is 19.8 Å². The van der Waals surface area contributed by atoms with Crippen LogP contribution in [0.1, 0.15) is 23.9 Å². The fraction of sp³-hybridized carbons (Fsp3) is 0.188. The second-order valence-electron chi connectivity index (χ2n) is 4.84. The van der Waals surface area contributed by atoms with Crippen molar-refractivity contribution in [1.82, 2.24) is 15.2 Å². The standard InChI is InChI=1S/C16H16N4O2/c1-2-11-6-3-4-8-13(11)17-16-18-15(21)14(19-20-16)10-12-7-5-9-22-12/h3-9H,2,10H2,1H3,(H2,17,18,20,21). The van der Waals surface area contributed by atoms with Crippen LogP contribution < -0.4 is 10.9 Å². The van der Waals surface area contributed by atoms with Crippen LogP contribution in [0.5, 0.6) is 0 Å². The van der Waals surface area contributed by atoms with E-state index in [0.29, 0.717) is 23.8 Å². The third kappa shape index (κ3) is 3.06. The predicted octanol–water partition coefficient (Wildman–Crippen LogP) is 2.65. The third-order valence-corrected chi connectivity index (χ3v) is 3.34. The van der Waals surface area contributed by atoms with Crippen molar-refractivity contribution in [1.29, 1.82) is 0 Å². The Morgan fingerprint density at radius 1 is 1.18 bits per heavy atom. The number of para-hydroxylation sites is 1. The van der Waals surface area contributed by atoms with E-state index >= 15 is 0 Å². The summed E-state index contributed by atoms with van der Waals surface area (Å²) in [5.41, 5.74) is 2.10. The summed E-state index contributed by atoms with van der Waals surface area (Å²) in [6, 6.07) is 11.4. The first-order chi connectivity index (χ1) is 10.8. The summed E-state index contributed by atoms with van der Waals surface area (Å²) in [4.78, 5) is 14.8. The smallest absolute Gasteiger partial charge is 0.274 e. The number of rotatable bonds is 5. The molecule has 3 rings (SSSR count). The highest BCUT2D eigenvalue weighted by molar-refractivity contribution is 5.58. The molecule has 0 fully saturated rings. The molecule has 22 heavy (non-hydrogen) atoms. The molecule has 2 heterocycles. The number of aromatic nitrogens is 3. The molecule has 2 aromatic heterocycles. The molecule has 1 aromatic carbocycles. The maximum Gasteiger partial charge on any atom is 0.274 e. The van der Waals surface area contributed by atoms with Gasteiger partial charge in [0.05, 0.1) is 12.7 Å². The quantitative estimate of drug-likeness (QED) is 0.756. The first kappa shape index (κ1) is 14.1.